The van der Waals surface area contributed by atoms with Crippen LogP contribution >= 0.6 is 11.5 Å². The van der Waals surface area contributed by atoms with Gasteiger partial charge in [-0.05, 0) is 37.2 Å². The van der Waals surface area contributed by atoms with Crippen LogP contribution in [-0.4, -0.2) is 23.4 Å². The molecule has 0 bridgehead atoms. The van der Waals surface area contributed by atoms with Crippen LogP contribution in [0.3, 0.4) is 0 Å². The number of hydrogen-bond donors (Lipinski definition) is 3. The lowest BCUT2D eigenvalue weighted by Gasteiger charge is -2.15. The van der Waals surface area contributed by atoms with E-state index < -0.39 is 0 Å². The monoisotopic (exact) mass is 270 g/mol. The van der Waals surface area contributed by atoms with E-state index >= 15 is 0 Å². The normalized spacial score (nSPS) is 12.5. The van der Waals surface area contributed by atoms with Crippen LogP contribution in [-0.2, 0) is 0 Å². The molecule has 0 saturated heterocycles. The molecule has 4 N–H and O–H groups in total. The minimum atomic E-state index is -0.195. The summed E-state index contributed by atoms with van der Waals surface area (Å²) in [5.74, 6) is 0.775. The molecule has 1 rings (SSSR count). The van der Waals surface area contributed by atoms with Gasteiger partial charge >= 0.3 is 0 Å². The first-order chi connectivity index (χ1) is 8.45. The number of nitrogens with one attached hydrogen (secondary N) is 2. The Morgan fingerprint density at radius 1 is 1.39 bits per heavy atom. The molecule has 1 atom stereocenters. The lowest BCUT2D eigenvalue weighted by molar-refractivity contribution is 0.0965. The number of aromatic nitrogens is 1. The van der Waals surface area contributed by atoms with Crippen molar-refractivity contribution in [3.05, 3.63) is 5.56 Å². The molecular formula is C12H22N4OS. The Kier molecular flexibility index (Phi) is 5.40. The third kappa shape index (κ3) is 3.87. The van der Waals surface area contributed by atoms with Gasteiger partial charge in [0.2, 0.25) is 0 Å². The number of hydrogen-bond acceptors (Lipinski definition) is 5. The molecule has 6 heteroatoms. The van der Waals surface area contributed by atoms with E-state index in [-0.39, 0.29) is 11.7 Å². The summed E-state index contributed by atoms with van der Waals surface area (Å²) in [4.78, 5) is 11.7. The van der Waals surface area contributed by atoms with Crippen LogP contribution in [0, 0.1) is 5.92 Å². The average molecular weight is 270 g/mol. The van der Waals surface area contributed by atoms with E-state index in [1.54, 1.807) is 7.05 Å². The topological polar surface area (TPSA) is 80.0 Å². The van der Waals surface area contributed by atoms with E-state index in [1.165, 1.54) is 11.5 Å². The molecule has 1 aromatic heterocycles. The highest BCUT2D eigenvalue weighted by Crippen LogP contribution is 2.27. The Labute approximate surface area is 112 Å². The van der Waals surface area contributed by atoms with Crippen molar-refractivity contribution in [1.82, 2.24) is 9.69 Å². The second kappa shape index (κ2) is 6.58. The van der Waals surface area contributed by atoms with E-state index in [4.69, 9.17) is 5.73 Å². The first kappa shape index (κ1) is 14.8. The summed E-state index contributed by atoms with van der Waals surface area (Å²) in [6.07, 6.45) is 2.21. The highest BCUT2D eigenvalue weighted by molar-refractivity contribution is 7.11. The number of anilines is 2. The van der Waals surface area contributed by atoms with Gasteiger partial charge in [0.25, 0.3) is 5.91 Å². The summed E-state index contributed by atoms with van der Waals surface area (Å²) >= 11 is 1.24. The van der Waals surface area contributed by atoms with Gasteiger partial charge < -0.3 is 16.4 Å². The average Bonchev–Trinajstić information content (AvgIpc) is 2.67. The van der Waals surface area contributed by atoms with Crippen molar-refractivity contribution in [1.29, 1.82) is 0 Å². The number of nitrogens with zero attached hydrogens (tertiary/aromatic N) is 1. The molecule has 0 aliphatic carbocycles. The molecule has 0 aliphatic rings. The maximum Gasteiger partial charge on any atom is 0.257 e. The maximum absolute atomic E-state index is 11.7. The number of carbonyl (C=O) groups is 1. The molecule has 0 saturated carbocycles. The van der Waals surface area contributed by atoms with Gasteiger partial charge in [-0.15, -0.1) is 0 Å². The molecule has 1 amide bonds. The molecule has 1 aromatic rings. The smallest absolute Gasteiger partial charge is 0.257 e. The van der Waals surface area contributed by atoms with Gasteiger partial charge in [-0.3, -0.25) is 4.79 Å². The van der Waals surface area contributed by atoms with Crippen molar-refractivity contribution in [2.24, 2.45) is 5.92 Å². The minimum Gasteiger partial charge on any atom is -0.382 e. The molecule has 0 spiro atoms. The summed E-state index contributed by atoms with van der Waals surface area (Å²) in [6, 6.07) is 0.302. The van der Waals surface area contributed by atoms with Gasteiger partial charge in [0.1, 0.15) is 10.6 Å². The van der Waals surface area contributed by atoms with Gasteiger partial charge in [0.15, 0.2) is 5.82 Å². The van der Waals surface area contributed by atoms with E-state index in [2.05, 4.69) is 35.8 Å². The number of carbonyl (C=O) groups excluding carboxylic acids is 1. The lowest BCUT2D eigenvalue weighted by atomic mass is 10.0. The van der Waals surface area contributed by atoms with Gasteiger partial charge in [0, 0.05) is 13.1 Å². The quantitative estimate of drug-likeness (QED) is 0.741. The van der Waals surface area contributed by atoms with Gasteiger partial charge in [-0.2, -0.15) is 4.37 Å². The SMILES string of the molecule is CNC(=O)c1c(N)nsc1NC(C)CCC(C)C. The van der Waals surface area contributed by atoms with Crippen molar-refractivity contribution in [2.45, 2.75) is 39.7 Å². The van der Waals surface area contributed by atoms with Crippen molar-refractivity contribution < 1.29 is 4.79 Å². The third-order valence-corrected chi connectivity index (χ3v) is 3.52. The molecule has 0 aliphatic heterocycles. The highest BCUT2D eigenvalue weighted by atomic mass is 32.1. The minimum absolute atomic E-state index is 0.195. The lowest BCUT2D eigenvalue weighted by Crippen LogP contribution is -2.22. The van der Waals surface area contributed by atoms with Crippen molar-refractivity contribution >= 4 is 28.3 Å². The van der Waals surface area contributed by atoms with Crippen LogP contribution in [0.2, 0.25) is 0 Å². The number of nitrogens with two attached hydrogens (primary N) is 1. The van der Waals surface area contributed by atoms with Crippen LogP contribution in [0.1, 0.15) is 44.0 Å². The summed E-state index contributed by atoms with van der Waals surface area (Å²) in [7, 11) is 1.59. The molecule has 0 fully saturated rings. The Morgan fingerprint density at radius 3 is 2.61 bits per heavy atom. The van der Waals surface area contributed by atoms with E-state index in [0.717, 1.165) is 17.8 Å². The zero-order chi connectivity index (χ0) is 13.7. The van der Waals surface area contributed by atoms with Crippen LogP contribution in [0.25, 0.3) is 0 Å². The first-order valence-corrected chi connectivity index (χ1v) is 6.96. The predicted octanol–water partition coefficient (Wildman–Crippen LogP) is 2.32. The van der Waals surface area contributed by atoms with Crippen molar-refractivity contribution in [3.8, 4) is 0 Å². The fourth-order valence-corrected chi connectivity index (χ4v) is 2.45. The van der Waals surface area contributed by atoms with E-state index in [1.807, 2.05) is 0 Å². The van der Waals surface area contributed by atoms with E-state index in [9.17, 15) is 4.79 Å². The second-order valence-electron chi connectivity index (χ2n) is 4.87. The highest BCUT2D eigenvalue weighted by Gasteiger charge is 2.19. The molecule has 102 valence electrons. The van der Waals surface area contributed by atoms with Gasteiger partial charge in [-0.1, -0.05) is 13.8 Å². The Hall–Kier alpha value is -1.30. The Balaban J connectivity index is 2.70. The van der Waals surface area contributed by atoms with Crippen molar-refractivity contribution in [3.63, 3.8) is 0 Å². The van der Waals surface area contributed by atoms with Gasteiger partial charge in [-0.25, -0.2) is 0 Å². The molecule has 0 aromatic carbocycles. The predicted molar refractivity (Wildman–Crippen MR) is 77.1 cm³/mol. The van der Waals surface area contributed by atoms with Crippen LogP contribution in [0.15, 0.2) is 0 Å². The fraction of sp³-hybridized carbons (Fsp3) is 0.667. The molecule has 1 heterocycles. The summed E-state index contributed by atoms with van der Waals surface area (Å²) in [5.41, 5.74) is 6.17. The summed E-state index contributed by atoms with van der Waals surface area (Å²) in [6.45, 7) is 6.51. The second-order valence-corrected chi connectivity index (χ2v) is 5.64. The van der Waals surface area contributed by atoms with E-state index in [0.29, 0.717) is 17.5 Å². The zero-order valence-corrected chi connectivity index (χ0v) is 12.2. The number of nitrogen functional groups attached to an aromatic ring is 1. The molecule has 1 unspecified atom stereocenters. The molecule has 5 nitrogen and oxygen atoms in total. The number of amides is 1. The fourth-order valence-electron chi connectivity index (χ4n) is 1.62. The maximum atomic E-state index is 11.7. The number of rotatable bonds is 6. The zero-order valence-electron chi connectivity index (χ0n) is 11.4. The van der Waals surface area contributed by atoms with Crippen molar-refractivity contribution in [2.75, 3.05) is 18.1 Å². The standard InChI is InChI=1S/C12H22N4OS/c1-7(2)5-6-8(3)15-12-9(11(17)14-4)10(13)16-18-12/h7-8,15H,5-6H2,1-4H3,(H2,13,16)(H,14,17). The van der Waals surface area contributed by atoms with Crippen LogP contribution in [0.4, 0.5) is 10.8 Å². The summed E-state index contributed by atoms with van der Waals surface area (Å²) < 4.78 is 4.03. The Bertz CT molecular complexity index is 403. The molecule has 0 radical (unpaired) electrons. The largest absolute Gasteiger partial charge is 0.382 e. The molecule has 18 heavy (non-hydrogen) atoms. The third-order valence-electron chi connectivity index (χ3n) is 2.73. The van der Waals surface area contributed by atoms with Gasteiger partial charge in [0.05, 0.1) is 0 Å². The van der Waals surface area contributed by atoms with Crippen LogP contribution < -0.4 is 16.4 Å². The summed E-state index contributed by atoms with van der Waals surface area (Å²) in [5, 5.41) is 6.65. The molecular weight excluding hydrogens is 248 g/mol. The van der Waals surface area contributed by atoms with Crippen LogP contribution in [0.5, 0.6) is 0 Å². The Morgan fingerprint density at radius 2 is 2.06 bits per heavy atom. The first-order valence-electron chi connectivity index (χ1n) is 6.19.